The van der Waals surface area contributed by atoms with Gasteiger partial charge in [0, 0.05) is 12.8 Å². The van der Waals surface area contributed by atoms with Gasteiger partial charge in [0.15, 0.2) is 6.10 Å². The van der Waals surface area contributed by atoms with E-state index in [-0.39, 0.29) is 26.1 Å². The predicted molar refractivity (Wildman–Crippen MR) is 176 cm³/mol. The number of nitrogens with zero attached hydrogens (tertiary/aromatic N) is 1. The Hall–Kier alpha value is -1.25. The largest absolute Gasteiger partial charge is 0.756 e. The molecule has 0 aliphatic carbocycles. The summed E-state index contributed by atoms with van der Waals surface area (Å²) in [6, 6.07) is 0. The van der Waals surface area contributed by atoms with Crippen molar-refractivity contribution in [3.05, 3.63) is 12.2 Å². The van der Waals surface area contributed by atoms with Gasteiger partial charge in [-0.05, 0) is 38.5 Å². The van der Waals surface area contributed by atoms with Crippen LogP contribution in [0.4, 0.5) is 0 Å². The Labute approximate surface area is 269 Å². The second-order valence-electron chi connectivity index (χ2n) is 12.9. The maximum Gasteiger partial charge on any atom is 0.306 e. The summed E-state index contributed by atoms with van der Waals surface area (Å²) >= 11 is 0. The number of ether oxygens (including phenoxy) is 2. The normalized spacial score (nSPS) is 14.0. The van der Waals surface area contributed by atoms with Crippen LogP contribution in [0.5, 0.6) is 0 Å². The average Bonchev–Trinajstić information content (AvgIpc) is 2.95. The number of likely N-dealkylation sites (N-methyl/N-ethyl adjacent to an activating group) is 1. The van der Waals surface area contributed by atoms with Crippen molar-refractivity contribution in [2.45, 2.75) is 148 Å². The molecule has 0 bridgehead atoms. The zero-order valence-electron chi connectivity index (χ0n) is 28.9. The number of allylic oxidation sites excluding steroid dienone is 2. The molecule has 10 heteroatoms. The molecule has 0 heterocycles. The molecule has 0 saturated carbocycles. The first-order valence-corrected chi connectivity index (χ1v) is 18.9. The molecular formula is C34H66NO8P. The van der Waals surface area contributed by atoms with E-state index in [1.807, 2.05) is 21.1 Å². The lowest BCUT2D eigenvalue weighted by Gasteiger charge is -2.28. The average molecular weight is 648 g/mol. The van der Waals surface area contributed by atoms with Gasteiger partial charge in [0.05, 0.1) is 27.7 Å². The fourth-order valence-corrected chi connectivity index (χ4v) is 5.20. The molecule has 44 heavy (non-hydrogen) atoms. The van der Waals surface area contributed by atoms with Crippen molar-refractivity contribution in [2.24, 2.45) is 0 Å². The van der Waals surface area contributed by atoms with Crippen molar-refractivity contribution in [1.29, 1.82) is 0 Å². The highest BCUT2D eigenvalue weighted by molar-refractivity contribution is 7.45. The third kappa shape index (κ3) is 30.8. The van der Waals surface area contributed by atoms with E-state index in [1.54, 1.807) is 0 Å². The van der Waals surface area contributed by atoms with Crippen LogP contribution in [0.25, 0.3) is 0 Å². The van der Waals surface area contributed by atoms with Crippen LogP contribution in [-0.2, 0) is 32.7 Å². The number of unbranched alkanes of at least 4 members (excludes halogenated alkanes) is 15. The van der Waals surface area contributed by atoms with Crippen LogP contribution in [0.1, 0.15) is 142 Å². The molecule has 0 radical (unpaired) electrons. The van der Waals surface area contributed by atoms with E-state index in [0.29, 0.717) is 17.4 Å². The van der Waals surface area contributed by atoms with Crippen molar-refractivity contribution in [2.75, 3.05) is 47.5 Å². The van der Waals surface area contributed by atoms with Gasteiger partial charge in [-0.1, -0.05) is 103 Å². The fourth-order valence-electron chi connectivity index (χ4n) is 4.47. The predicted octanol–water partition coefficient (Wildman–Crippen LogP) is 8.05. The van der Waals surface area contributed by atoms with E-state index in [1.165, 1.54) is 51.4 Å². The number of rotatable bonds is 31. The highest BCUT2D eigenvalue weighted by atomic mass is 31.2. The van der Waals surface area contributed by atoms with Crippen LogP contribution < -0.4 is 4.89 Å². The first kappa shape index (κ1) is 42.8. The van der Waals surface area contributed by atoms with Crippen molar-refractivity contribution in [3.8, 4) is 0 Å². The second kappa shape index (κ2) is 28.0. The second-order valence-corrected chi connectivity index (χ2v) is 14.3. The molecule has 1 unspecified atom stereocenters. The van der Waals surface area contributed by atoms with E-state index < -0.39 is 32.5 Å². The van der Waals surface area contributed by atoms with E-state index in [0.717, 1.165) is 57.8 Å². The van der Waals surface area contributed by atoms with Crippen LogP contribution in [0.15, 0.2) is 12.2 Å². The molecule has 0 amide bonds. The number of phosphoric acid groups is 1. The molecule has 0 aromatic rings. The third-order valence-corrected chi connectivity index (χ3v) is 8.25. The number of phosphoric ester groups is 1. The van der Waals surface area contributed by atoms with Crippen LogP contribution in [0, 0.1) is 0 Å². The van der Waals surface area contributed by atoms with Crippen molar-refractivity contribution in [3.63, 3.8) is 0 Å². The maximum atomic E-state index is 12.4. The number of carbonyl (C=O) groups is 2. The van der Waals surface area contributed by atoms with E-state index >= 15 is 0 Å². The summed E-state index contributed by atoms with van der Waals surface area (Å²) in [7, 11) is 1.16. The standard InChI is InChI=1S/C34H66NO8P/c1-6-8-10-12-14-15-16-17-18-19-21-22-24-26-33(36)40-30-32(31-42-44(38,39)41-29-28-35(3,4)5)43-34(37)27-25-23-20-13-11-9-7-2/h15-16,32H,6-14,17-31H2,1-5H3/b16-15+/t32-/m0/s1. The monoisotopic (exact) mass is 647 g/mol. The van der Waals surface area contributed by atoms with Crippen molar-refractivity contribution >= 4 is 19.8 Å². The Bertz CT molecular complexity index is 784. The molecule has 0 fully saturated rings. The summed E-state index contributed by atoms with van der Waals surface area (Å²) in [5.74, 6) is -0.852. The van der Waals surface area contributed by atoms with Crippen LogP contribution in [0.2, 0.25) is 0 Å². The number of hydrogen-bond acceptors (Lipinski definition) is 8. The van der Waals surface area contributed by atoms with Gasteiger partial charge in [-0.3, -0.25) is 14.2 Å². The molecular weight excluding hydrogens is 581 g/mol. The molecule has 0 rings (SSSR count). The third-order valence-electron chi connectivity index (χ3n) is 7.29. The molecule has 0 N–H and O–H groups in total. The summed E-state index contributed by atoms with van der Waals surface area (Å²) in [5.41, 5.74) is 0. The van der Waals surface area contributed by atoms with Gasteiger partial charge in [-0.15, -0.1) is 0 Å². The summed E-state index contributed by atoms with van der Waals surface area (Å²) in [4.78, 5) is 37.0. The van der Waals surface area contributed by atoms with Gasteiger partial charge in [0.25, 0.3) is 7.82 Å². The zero-order valence-corrected chi connectivity index (χ0v) is 29.8. The Morgan fingerprint density at radius 2 is 1.16 bits per heavy atom. The van der Waals surface area contributed by atoms with E-state index in [9.17, 15) is 19.0 Å². The minimum absolute atomic E-state index is 0.0300. The highest BCUT2D eigenvalue weighted by Gasteiger charge is 2.21. The van der Waals surface area contributed by atoms with Gasteiger partial charge in [-0.2, -0.15) is 0 Å². The van der Waals surface area contributed by atoms with E-state index in [2.05, 4.69) is 26.0 Å². The Balaban J connectivity index is 4.44. The SMILES string of the molecule is CCCCCC/C=C/CCCCCCCC(=O)OC[C@@H](COP(=O)([O-])OCC[N+](C)(C)C)OC(=O)CCCCCCCCC. The summed E-state index contributed by atoms with van der Waals surface area (Å²) in [6.07, 6.45) is 24.0. The Morgan fingerprint density at radius 3 is 1.70 bits per heavy atom. The minimum Gasteiger partial charge on any atom is -0.756 e. The van der Waals surface area contributed by atoms with Gasteiger partial charge < -0.3 is 27.9 Å². The molecule has 0 aliphatic heterocycles. The first-order chi connectivity index (χ1) is 21.0. The molecule has 0 aliphatic rings. The van der Waals surface area contributed by atoms with Crippen LogP contribution in [0.3, 0.4) is 0 Å². The van der Waals surface area contributed by atoms with Crippen molar-refractivity contribution in [1.82, 2.24) is 0 Å². The summed E-state index contributed by atoms with van der Waals surface area (Å²) < 4.78 is 33.5. The van der Waals surface area contributed by atoms with Gasteiger partial charge in [0.1, 0.15) is 19.8 Å². The summed E-state index contributed by atoms with van der Waals surface area (Å²) in [5, 5.41) is 0. The maximum absolute atomic E-state index is 12.4. The lowest BCUT2D eigenvalue weighted by Crippen LogP contribution is -2.37. The van der Waals surface area contributed by atoms with E-state index in [4.69, 9.17) is 18.5 Å². The minimum atomic E-state index is -4.60. The Kier molecular flexibility index (Phi) is 27.2. The topological polar surface area (TPSA) is 111 Å². The number of quaternary nitrogens is 1. The van der Waals surface area contributed by atoms with Crippen molar-refractivity contribution < 1.29 is 42.1 Å². The van der Waals surface area contributed by atoms with Crippen LogP contribution >= 0.6 is 7.82 Å². The highest BCUT2D eigenvalue weighted by Crippen LogP contribution is 2.38. The molecule has 0 saturated heterocycles. The first-order valence-electron chi connectivity index (χ1n) is 17.4. The quantitative estimate of drug-likeness (QED) is 0.0244. The Morgan fingerprint density at radius 1 is 0.682 bits per heavy atom. The van der Waals surface area contributed by atoms with Gasteiger partial charge >= 0.3 is 11.9 Å². The molecule has 2 atom stereocenters. The molecule has 0 spiro atoms. The molecule has 9 nitrogen and oxygen atoms in total. The zero-order chi connectivity index (χ0) is 32.9. The fraction of sp³-hybridized carbons (Fsp3) is 0.882. The lowest BCUT2D eigenvalue weighted by molar-refractivity contribution is -0.870. The molecule has 0 aromatic heterocycles. The lowest BCUT2D eigenvalue weighted by atomic mass is 10.1. The van der Waals surface area contributed by atoms with Crippen LogP contribution in [-0.4, -0.2) is 70.0 Å². The number of esters is 2. The number of carbonyl (C=O) groups excluding carboxylic acids is 2. The summed E-state index contributed by atoms with van der Waals surface area (Å²) in [6.45, 7) is 4.12. The molecule has 0 aromatic carbocycles. The smallest absolute Gasteiger partial charge is 0.306 e. The van der Waals surface area contributed by atoms with Gasteiger partial charge in [-0.25, -0.2) is 0 Å². The molecule has 260 valence electrons. The number of hydrogen-bond donors (Lipinski definition) is 0. The van der Waals surface area contributed by atoms with Gasteiger partial charge in [0.2, 0.25) is 0 Å².